The Hall–Kier alpha value is -1.48. The van der Waals surface area contributed by atoms with E-state index in [1.54, 1.807) is 7.05 Å². The summed E-state index contributed by atoms with van der Waals surface area (Å²) in [6, 6.07) is 5.55. The number of hydrogen-bond donors (Lipinski definition) is 2. The molecule has 1 fully saturated rings. The van der Waals surface area contributed by atoms with Crippen molar-refractivity contribution in [3.05, 3.63) is 23.8 Å². The van der Waals surface area contributed by atoms with Gasteiger partial charge in [-0.1, -0.05) is 6.07 Å². The van der Waals surface area contributed by atoms with Gasteiger partial charge in [0.2, 0.25) is 6.79 Å². The van der Waals surface area contributed by atoms with Crippen LogP contribution in [0, 0.1) is 0 Å². The van der Waals surface area contributed by atoms with Gasteiger partial charge in [-0.3, -0.25) is 4.99 Å². The summed E-state index contributed by atoms with van der Waals surface area (Å²) in [6.45, 7) is 0.429. The van der Waals surface area contributed by atoms with E-state index in [1.807, 2.05) is 18.2 Å². The molecule has 3 rings (SSSR count). The summed E-state index contributed by atoms with van der Waals surface area (Å²) in [5, 5.41) is 6.29. The van der Waals surface area contributed by atoms with Crippen molar-refractivity contribution in [2.24, 2.45) is 4.99 Å². The molecular weight excluding hydrogens is 540 g/mol. The second-order valence-electron chi connectivity index (χ2n) is 6.71. The third kappa shape index (κ3) is 5.81. The zero-order valence-electron chi connectivity index (χ0n) is 16.2. The normalized spacial score (nSPS) is 18.1. The van der Waals surface area contributed by atoms with Crippen molar-refractivity contribution in [2.45, 2.75) is 30.8 Å². The number of fused-ring (bicyclic) bond motifs is 1. The van der Waals surface area contributed by atoms with Gasteiger partial charge in [-0.25, -0.2) is 8.42 Å². The monoisotopic (exact) mass is 564 g/mol. The molecule has 8 nitrogen and oxygen atoms in total. The van der Waals surface area contributed by atoms with E-state index in [4.69, 9.17) is 9.47 Å². The summed E-state index contributed by atoms with van der Waals surface area (Å²) >= 11 is 0. The van der Waals surface area contributed by atoms with Crippen molar-refractivity contribution < 1.29 is 31.1 Å². The molecule has 1 aromatic carbocycles. The third-order valence-corrected chi connectivity index (χ3v) is 6.42. The number of benzene rings is 1. The molecule has 2 aliphatic rings. The zero-order valence-corrected chi connectivity index (χ0v) is 19.4. The highest BCUT2D eigenvalue weighted by atomic mass is 127. The van der Waals surface area contributed by atoms with Gasteiger partial charge in [0.05, 0.1) is 0 Å². The minimum Gasteiger partial charge on any atom is -0.454 e. The summed E-state index contributed by atoms with van der Waals surface area (Å²) < 4.78 is 72.0. The van der Waals surface area contributed by atoms with Gasteiger partial charge in [0.1, 0.15) is 0 Å². The standard InChI is InChI=1S/C17H23F3N4O4S.HI/c1-21-16(22-7-4-12-2-3-14-15(10-12)28-11-27-14)23-13-5-8-24(9-6-13)29(25,26)17(18,19)20;/h2-3,10,13H,4-9,11H2,1H3,(H2,21,22,23);1H. The van der Waals surface area contributed by atoms with Crippen LogP contribution in [-0.4, -0.2) is 63.7 Å². The number of piperidine rings is 1. The summed E-state index contributed by atoms with van der Waals surface area (Å²) in [4.78, 5) is 4.12. The molecule has 13 heteroatoms. The van der Waals surface area contributed by atoms with E-state index >= 15 is 0 Å². The number of nitrogens with zero attached hydrogens (tertiary/aromatic N) is 2. The smallest absolute Gasteiger partial charge is 0.454 e. The van der Waals surface area contributed by atoms with Crippen LogP contribution in [0.4, 0.5) is 13.2 Å². The van der Waals surface area contributed by atoms with Crippen molar-refractivity contribution in [3.63, 3.8) is 0 Å². The Labute approximate surface area is 190 Å². The highest BCUT2D eigenvalue weighted by molar-refractivity contribution is 14.0. The molecule has 0 spiro atoms. The van der Waals surface area contributed by atoms with Gasteiger partial charge in [0, 0.05) is 32.7 Å². The second kappa shape index (κ2) is 10.2. The maximum atomic E-state index is 12.6. The molecule has 0 aliphatic carbocycles. The Morgan fingerprint density at radius 3 is 2.53 bits per heavy atom. The van der Waals surface area contributed by atoms with Crippen LogP contribution in [0.1, 0.15) is 18.4 Å². The molecule has 0 bridgehead atoms. The largest absolute Gasteiger partial charge is 0.511 e. The van der Waals surface area contributed by atoms with Crippen LogP contribution in [0.5, 0.6) is 11.5 Å². The first-order valence-corrected chi connectivity index (χ1v) is 10.6. The van der Waals surface area contributed by atoms with E-state index in [1.165, 1.54) is 0 Å². The topological polar surface area (TPSA) is 92.3 Å². The minimum absolute atomic E-state index is 0. The van der Waals surface area contributed by atoms with E-state index in [0.717, 1.165) is 11.3 Å². The van der Waals surface area contributed by atoms with Crippen LogP contribution in [0.2, 0.25) is 0 Å². The van der Waals surface area contributed by atoms with Crippen LogP contribution in [-0.2, 0) is 16.4 Å². The number of ether oxygens (including phenoxy) is 2. The van der Waals surface area contributed by atoms with Crippen molar-refractivity contribution in [2.75, 3.05) is 33.5 Å². The molecule has 0 radical (unpaired) electrons. The molecule has 30 heavy (non-hydrogen) atoms. The molecule has 2 aliphatic heterocycles. The zero-order chi connectivity index (χ0) is 21.1. The van der Waals surface area contributed by atoms with E-state index in [9.17, 15) is 21.6 Å². The quantitative estimate of drug-likeness (QED) is 0.324. The van der Waals surface area contributed by atoms with Gasteiger partial charge in [-0.2, -0.15) is 17.5 Å². The Bertz CT molecular complexity index is 859. The summed E-state index contributed by atoms with van der Waals surface area (Å²) in [7, 11) is -3.67. The van der Waals surface area contributed by atoms with Gasteiger partial charge in [-0.05, 0) is 37.0 Å². The first-order chi connectivity index (χ1) is 13.7. The molecular formula is C17H24F3IN4O4S. The van der Waals surface area contributed by atoms with Crippen LogP contribution >= 0.6 is 24.0 Å². The molecule has 0 amide bonds. The lowest BCUT2D eigenvalue weighted by Crippen LogP contribution is -2.51. The Morgan fingerprint density at radius 1 is 1.23 bits per heavy atom. The molecule has 2 heterocycles. The number of aliphatic imine (C=N–C) groups is 1. The molecule has 1 aromatic rings. The van der Waals surface area contributed by atoms with Crippen molar-refractivity contribution in [1.82, 2.24) is 14.9 Å². The maximum Gasteiger partial charge on any atom is 0.511 e. The fraction of sp³-hybridized carbons (Fsp3) is 0.588. The lowest BCUT2D eigenvalue weighted by atomic mass is 10.1. The first-order valence-electron chi connectivity index (χ1n) is 9.13. The Morgan fingerprint density at radius 2 is 1.90 bits per heavy atom. The van der Waals surface area contributed by atoms with Crippen molar-refractivity contribution in [1.29, 1.82) is 0 Å². The van der Waals surface area contributed by atoms with Gasteiger partial charge in [-0.15, -0.1) is 24.0 Å². The third-order valence-electron chi connectivity index (χ3n) is 4.79. The molecule has 1 saturated heterocycles. The van der Waals surface area contributed by atoms with Crippen LogP contribution in [0.25, 0.3) is 0 Å². The van der Waals surface area contributed by atoms with E-state index < -0.39 is 15.5 Å². The van der Waals surface area contributed by atoms with Crippen LogP contribution in [0.3, 0.4) is 0 Å². The molecule has 170 valence electrons. The lowest BCUT2D eigenvalue weighted by Gasteiger charge is -2.32. The summed E-state index contributed by atoms with van der Waals surface area (Å²) in [5.41, 5.74) is -4.21. The number of rotatable bonds is 5. The SMILES string of the molecule is CN=C(NCCc1ccc2c(c1)OCO2)NC1CCN(S(=O)(=O)C(F)(F)F)CC1.I. The number of guanidine groups is 1. The number of halogens is 4. The van der Waals surface area contributed by atoms with Crippen molar-refractivity contribution >= 4 is 40.0 Å². The fourth-order valence-electron chi connectivity index (χ4n) is 3.20. The fourth-order valence-corrected chi connectivity index (χ4v) is 4.18. The number of hydrogen-bond acceptors (Lipinski definition) is 5. The average Bonchev–Trinajstić information content (AvgIpc) is 3.14. The van der Waals surface area contributed by atoms with Gasteiger partial charge >= 0.3 is 15.5 Å². The second-order valence-corrected chi connectivity index (χ2v) is 8.63. The minimum atomic E-state index is -5.27. The predicted molar refractivity (Wildman–Crippen MR) is 116 cm³/mol. The highest BCUT2D eigenvalue weighted by Gasteiger charge is 2.50. The van der Waals surface area contributed by atoms with Crippen LogP contribution < -0.4 is 20.1 Å². The molecule has 0 unspecified atom stereocenters. The highest BCUT2D eigenvalue weighted by Crippen LogP contribution is 2.32. The number of alkyl halides is 3. The Balaban J connectivity index is 0.00000320. The van der Waals surface area contributed by atoms with Gasteiger partial charge in [0.15, 0.2) is 17.5 Å². The first kappa shape index (κ1) is 24.8. The summed E-state index contributed by atoms with van der Waals surface area (Å²) in [6.07, 6.45) is 1.23. The average molecular weight is 564 g/mol. The Kier molecular flexibility index (Phi) is 8.44. The van der Waals surface area contributed by atoms with E-state index in [2.05, 4.69) is 15.6 Å². The van der Waals surface area contributed by atoms with E-state index in [-0.39, 0.29) is 62.7 Å². The number of nitrogens with one attached hydrogen (secondary N) is 2. The molecule has 0 saturated carbocycles. The molecule has 0 aromatic heterocycles. The lowest BCUT2D eigenvalue weighted by molar-refractivity contribution is -0.0494. The summed E-state index contributed by atoms with van der Waals surface area (Å²) in [5.74, 6) is 1.95. The van der Waals surface area contributed by atoms with E-state index in [0.29, 0.717) is 29.0 Å². The molecule has 2 N–H and O–H groups in total. The predicted octanol–water partition coefficient (Wildman–Crippen LogP) is 2.05. The van der Waals surface area contributed by atoms with Crippen molar-refractivity contribution in [3.8, 4) is 11.5 Å². The molecule has 0 atom stereocenters. The van der Waals surface area contributed by atoms with Crippen LogP contribution in [0.15, 0.2) is 23.2 Å². The van der Waals surface area contributed by atoms with Gasteiger partial charge < -0.3 is 20.1 Å². The number of sulfonamides is 1. The van der Waals surface area contributed by atoms with Gasteiger partial charge in [0.25, 0.3) is 0 Å². The maximum absolute atomic E-state index is 12.6.